The predicted octanol–water partition coefficient (Wildman–Crippen LogP) is 4.62. The summed E-state index contributed by atoms with van der Waals surface area (Å²) in [5.41, 5.74) is 0.643. The lowest BCUT2D eigenvalue weighted by Crippen LogP contribution is -2.33. The number of benzene rings is 1. The molecule has 5 nitrogen and oxygen atoms in total. The van der Waals surface area contributed by atoms with Crippen LogP contribution < -0.4 is 4.74 Å². The summed E-state index contributed by atoms with van der Waals surface area (Å²) in [6, 6.07) is 7.00. The van der Waals surface area contributed by atoms with Gasteiger partial charge < -0.3 is 9.47 Å². The Morgan fingerprint density at radius 1 is 1.26 bits per heavy atom. The summed E-state index contributed by atoms with van der Waals surface area (Å²) in [4.78, 5) is 3.96. The number of rotatable bonds is 7. The van der Waals surface area contributed by atoms with Gasteiger partial charge in [0.15, 0.2) is 0 Å². The molecule has 0 saturated carbocycles. The zero-order valence-electron chi connectivity index (χ0n) is 12.6. The molecule has 0 N–H and O–H groups in total. The van der Waals surface area contributed by atoms with Crippen LogP contribution in [-0.2, 0) is 4.74 Å². The average molecular weight is 377 g/mol. The molecule has 23 heavy (non-hydrogen) atoms. The van der Waals surface area contributed by atoms with Crippen molar-refractivity contribution in [1.29, 1.82) is 0 Å². The summed E-state index contributed by atoms with van der Waals surface area (Å²) >= 11 is 17.8. The maximum Gasteiger partial charge on any atom is 0.222 e. The number of hydrogen-bond donors (Lipinski definition) is 0. The zero-order valence-corrected chi connectivity index (χ0v) is 14.9. The van der Waals surface area contributed by atoms with E-state index in [-0.39, 0.29) is 4.49 Å². The van der Waals surface area contributed by atoms with E-state index in [9.17, 15) is 0 Å². The third-order valence-corrected chi connectivity index (χ3v) is 3.95. The molecule has 0 spiro atoms. The number of aromatic nitrogens is 3. The second-order valence-corrected chi connectivity index (χ2v) is 6.04. The second kappa shape index (κ2) is 8.55. The van der Waals surface area contributed by atoms with Crippen molar-refractivity contribution < 1.29 is 9.47 Å². The van der Waals surface area contributed by atoms with Gasteiger partial charge in [-0.05, 0) is 43.7 Å². The Bertz CT molecular complexity index is 640. The molecule has 0 bridgehead atoms. The van der Waals surface area contributed by atoms with Crippen molar-refractivity contribution in [2.24, 2.45) is 0 Å². The van der Waals surface area contributed by atoms with Crippen LogP contribution in [-0.4, -0.2) is 27.5 Å². The first-order valence-electron chi connectivity index (χ1n) is 6.92. The standard InChI is InChI=1S/C15H16Cl3N3O2/c1-3-22-13(10(2)14(17)18)15(21-9-19-8-20-21)23-12-6-4-11(16)5-7-12/h4-9,13,15H,3H2,1-2H3. The molecule has 8 heteroatoms. The van der Waals surface area contributed by atoms with Gasteiger partial charge in [0.1, 0.15) is 29.0 Å². The molecule has 1 aromatic heterocycles. The zero-order chi connectivity index (χ0) is 16.8. The topological polar surface area (TPSA) is 49.2 Å². The lowest BCUT2D eigenvalue weighted by molar-refractivity contribution is -0.0403. The van der Waals surface area contributed by atoms with E-state index < -0.39 is 12.3 Å². The summed E-state index contributed by atoms with van der Waals surface area (Å²) < 4.78 is 13.5. The first kappa shape index (κ1) is 18.1. The maximum absolute atomic E-state index is 6.03. The number of ether oxygens (including phenoxy) is 2. The Balaban J connectivity index is 2.36. The molecular weight excluding hydrogens is 361 g/mol. The fraction of sp³-hybridized carbons (Fsp3) is 0.333. The van der Waals surface area contributed by atoms with Crippen LogP contribution in [0.2, 0.25) is 5.02 Å². The van der Waals surface area contributed by atoms with Gasteiger partial charge >= 0.3 is 0 Å². The lowest BCUT2D eigenvalue weighted by atomic mass is 10.1. The van der Waals surface area contributed by atoms with E-state index in [1.807, 2.05) is 6.92 Å². The van der Waals surface area contributed by atoms with Crippen molar-refractivity contribution in [2.45, 2.75) is 26.2 Å². The van der Waals surface area contributed by atoms with Gasteiger partial charge in [-0.25, -0.2) is 9.67 Å². The molecule has 0 fully saturated rings. The highest BCUT2D eigenvalue weighted by atomic mass is 35.5. The second-order valence-electron chi connectivity index (χ2n) is 4.66. The highest BCUT2D eigenvalue weighted by Crippen LogP contribution is 2.29. The predicted molar refractivity (Wildman–Crippen MR) is 91.0 cm³/mol. The van der Waals surface area contributed by atoms with Gasteiger partial charge in [-0.15, -0.1) is 0 Å². The van der Waals surface area contributed by atoms with E-state index in [4.69, 9.17) is 44.3 Å². The Hall–Kier alpha value is -1.27. The van der Waals surface area contributed by atoms with Crippen LogP contribution in [0.5, 0.6) is 5.75 Å². The van der Waals surface area contributed by atoms with Crippen LogP contribution in [0.25, 0.3) is 0 Å². The van der Waals surface area contributed by atoms with E-state index >= 15 is 0 Å². The van der Waals surface area contributed by atoms with Gasteiger partial charge in [-0.3, -0.25) is 0 Å². The Morgan fingerprint density at radius 2 is 1.96 bits per heavy atom. The quantitative estimate of drug-likeness (QED) is 0.707. The monoisotopic (exact) mass is 375 g/mol. The van der Waals surface area contributed by atoms with Gasteiger partial charge in [0.25, 0.3) is 0 Å². The van der Waals surface area contributed by atoms with Crippen molar-refractivity contribution in [2.75, 3.05) is 6.61 Å². The maximum atomic E-state index is 6.03. The smallest absolute Gasteiger partial charge is 0.222 e. The molecule has 0 saturated heterocycles. The first-order valence-corrected chi connectivity index (χ1v) is 8.06. The van der Waals surface area contributed by atoms with Crippen LogP contribution in [0.4, 0.5) is 0 Å². The van der Waals surface area contributed by atoms with Gasteiger partial charge in [0, 0.05) is 11.6 Å². The molecule has 0 aliphatic rings. The summed E-state index contributed by atoms with van der Waals surface area (Å²) in [6.07, 6.45) is 1.82. The van der Waals surface area contributed by atoms with E-state index in [0.29, 0.717) is 23.0 Å². The molecule has 2 atom stereocenters. The molecule has 0 amide bonds. The Labute approximate surface area is 149 Å². The van der Waals surface area contributed by atoms with Gasteiger partial charge in [-0.1, -0.05) is 34.8 Å². The van der Waals surface area contributed by atoms with E-state index in [2.05, 4.69) is 10.1 Å². The van der Waals surface area contributed by atoms with Crippen molar-refractivity contribution in [3.8, 4) is 5.75 Å². The van der Waals surface area contributed by atoms with Gasteiger partial charge in [0.2, 0.25) is 6.23 Å². The van der Waals surface area contributed by atoms with Crippen LogP contribution in [0.3, 0.4) is 0 Å². The number of nitrogens with zero attached hydrogens (tertiary/aromatic N) is 3. The summed E-state index contributed by atoms with van der Waals surface area (Å²) in [5, 5.41) is 4.76. The largest absolute Gasteiger partial charge is 0.465 e. The normalized spacial score (nSPS) is 13.4. The molecule has 0 aliphatic carbocycles. The molecule has 2 aromatic rings. The molecule has 0 aliphatic heterocycles. The van der Waals surface area contributed by atoms with Crippen LogP contribution >= 0.6 is 34.8 Å². The number of hydrogen-bond acceptors (Lipinski definition) is 4. The van der Waals surface area contributed by atoms with E-state index in [0.717, 1.165) is 0 Å². The highest BCUT2D eigenvalue weighted by Gasteiger charge is 2.29. The van der Waals surface area contributed by atoms with Gasteiger partial charge in [0.05, 0.1) is 0 Å². The van der Waals surface area contributed by atoms with Crippen molar-refractivity contribution in [1.82, 2.24) is 14.8 Å². The Kier molecular flexibility index (Phi) is 6.72. The first-order chi connectivity index (χ1) is 11.0. The summed E-state index contributed by atoms with van der Waals surface area (Å²) in [5.74, 6) is 0.609. The molecule has 2 rings (SSSR count). The molecule has 1 heterocycles. The summed E-state index contributed by atoms with van der Waals surface area (Å²) in [7, 11) is 0. The van der Waals surface area contributed by atoms with Crippen molar-refractivity contribution in [3.63, 3.8) is 0 Å². The van der Waals surface area contributed by atoms with Crippen LogP contribution in [0.1, 0.15) is 20.1 Å². The minimum absolute atomic E-state index is 0.133. The average Bonchev–Trinajstić information content (AvgIpc) is 3.06. The minimum Gasteiger partial charge on any atom is -0.465 e. The fourth-order valence-electron chi connectivity index (χ4n) is 1.96. The van der Waals surface area contributed by atoms with Crippen molar-refractivity contribution in [3.05, 3.63) is 52.0 Å². The van der Waals surface area contributed by atoms with Crippen molar-refractivity contribution >= 4 is 34.8 Å². The van der Waals surface area contributed by atoms with Crippen LogP contribution in [0, 0.1) is 0 Å². The molecule has 124 valence electrons. The molecule has 1 aromatic carbocycles. The third kappa shape index (κ3) is 4.85. The molecule has 2 unspecified atom stereocenters. The SMILES string of the molecule is CCOC(C(C)=C(Cl)Cl)C(Oc1ccc(Cl)cc1)n1cncn1. The summed E-state index contributed by atoms with van der Waals surface area (Å²) in [6.45, 7) is 4.12. The highest BCUT2D eigenvalue weighted by molar-refractivity contribution is 6.56. The van der Waals surface area contributed by atoms with E-state index in [1.165, 1.54) is 6.33 Å². The van der Waals surface area contributed by atoms with E-state index in [1.54, 1.807) is 42.2 Å². The van der Waals surface area contributed by atoms with Crippen LogP contribution in [0.15, 0.2) is 47.0 Å². The minimum atomic E-state index is -0.619. The third-order valence-electron chi connectivity index (χ3n) is 3.10. The lowest BCUT2D eigenvalue weighted by Gasteiger charge is -2.28. The molecule has 0 radical (unpaired) electrons. The fourth-order valence-corrected chi connectivity index (χ4v) is 2.31. The van der Waals surface area contributed by atoms with Gasteiger partial charge in [-0.2, -0.15) is 5.10 Å². The Morgan fingerprint density at radius 3 is 2.48 bits per heavy atom. The number of halogens is 3. The molecular formula is C15H16Cl3N3O2.